The average Bonchev–Trinajstić information content (AvgIpc) is 3.04. The Morgan fingerprint density at radius 2 is 1.61 bits per heavy atom. The minimum absolute atomic E-state index is 0.396. The largest absolute Gasteiger partial charge is 0.477 e. The molecule has 2 aromatic rings. The van der Waals surface area contributed by atoms with Gasteiger partial charge in [-0.15, -0.1) is 0 Å². The second-order valence-electron chi connectivity index (χ2n) is 6.01. The molecule has 1 saturated heterocycles. The van der Waals surface area contributed by atoms with Crippen molar-refractivity contribution in [3.8, 4) is 17.5 Å². The summed E-state index contributed by atoms with van der Waals surface area (Å²) in [6.45, 7) is 7.55. The van der Waals surface area contributed by atoms with E-state index in [0.29, 0.717) is 11.8 Å². The minimum atomic E-state index is 0.396. The highest BCUT2D eigenvalue weighted by Crippen LogP contribution is 2.32. The molecule has 1 fully saturated rings. The van der Waals surface area contributed by atoms with Crippen molar-refractivity contribution in [2.24, 2.45) is 0 Å². The fraction of sp³-hybridized carbons (Fsp3) is 0.444. The van der Waals surface area contributed by atoms with Gasteiger partial charge < -0.3 is 9.47 Å². The topological polar surface area (TPSA) is 47.5 Å². The molecule has 0 radical (unpaired) electrons. The summed E-state index contributed by atoms with van der Waals surface area (Å²) < 4.78 is 11.2. The Morgan fingerprint density at radius 3 is 2.22 bits per heavy atom. The van der Waals surface area contributed by atoms with Crippen LogP contribution >= 0.6 is 0 Å². The standard InChI is InChI=1S/C18H23N3O2/c1-13-10-15(12-21-8-4-5-9-21)11-14(2)16(13)23-18-17(22-3)19-6-7-20-18/h6-7,10-11H,4-5,8-9,12H2,1-3H3. The van der Waals surface area contributed by atoms with Gasteiger partial charge in [-0.1, -0.05) is 12.1 Å². The first kappa shape index (κ1) is 15.7. The van der Waals surface area contributed by atoms with Crippen molar-refractivity contribution in [2.45, 2.75) is 33.2 Å². The Bertz CT molecular complexity index is 659. The number of ether oxygens (including phenoxy) is 2. The fourth-order valence-electron chi connectivity index (χ4n) is 3.11. The lowest BCUT2D eigenvalue weighted by molar-refractivity contribution is 0.330. The molecule has 1 aliphatic heterocycles. The number of hydrogen-bond acceptors (Lipinski definition) is 5. The summed E-state index contributed by atoms with van der Waals surface area (Å²) in [7, 11) is 1.57. The van der Waals surface area contributed by atoms with Gasteiger partial charge in [0.2, 0.25) is 0 Å². The molecule has 1 aromatic heterocycles. The number of aromatic nitrogens is 2. The van der Waals surface area contributed by atoms with Crippen LogP contribution in [0.3, 0.4) is 0 Å². The maximum absolute atomic E-state index is 5.97. The summed E-state index contributed by atoms with van der Waals surface area (Å²) in [4.78, 5) is 10.8. The third-order valence-corrected chi connectivity index (χ3v) is 4.15. The molecule has 0 unspecified atom stereocenters. The van der Waals surface area contributed by atoms with Crippen LogP contribution in [0.4, 0.5) is 0 Å². The number of benzene rings is 1. The normalized spacial score (nSPS) is 14.9. The minimum Gasteiger partial charge on any atom is -0.477 e. The van der Waals surface area contributed by atoms with Gasteiger partial charge in [0.25, 0.3) is 11.8 Å². The highest BCUT2D eigenvalue weighted by atomic mass is 16.5. The summed E-state index contributed by atoms with van der Waals surface area (Å²) in [6.07, 6.45) is 5.81. The zero-order chi connectivity index (χ0) is 16.2. The van der Waals surface area contributed by atoms with E-state index in [-0.39, 0.29) is 0 Å². The van der Waals surface area contributed by atoms with Crippen LogP contribution in [0.5, 0.6) is 17.5 Å². The van der Waals surface area contributed by atoms with Crippen molar-refractivity contribution in [3.05, 3.63) is 41.2 Å². The molecule has 122 valence electrons. The van der Waals surface area contributed by atoms with Gasteiger partial charge in [-0.3, -0.25) is 4.90 Å². The molecule has 0 spiro atoms. The molecule has 0 atom stereocenters. The summed E-state index contributed by atoms with van der Waals surface area (Å²) in [6, 6.07) is 4.40. The number of nitrogens with zero attached hydrogens (tertiary/aromatic N) is 3. The van der Waals surface area contributed by atoms with E-state index in [1.54, 1.807) is 19.5 Å². The quantitative estimate of drug-likeness (QED) is 0.845. The monoisotopic (exact) mass is 313 g/mol. The molecule has 0 saturated carbocycles. The lowest BCUT2D eigenvalue weighted by atomic mass is 10.1. The van der Waals surface area contributed by atoms with Crippen LogP contribution in [-0.2, 0) is 6.54 Å². The number of hydrogen-bond donors (Lipinski definition) is 0. The summed E-state index contributed by atoms with van der Waals surface area (Å²) in [5.74, 6) is 1.62. The van der Waals surface area contributed by atoms with E-state index in [9.17, 15) is 0 Å². The summed E-state index contributed by atoms with van der Waals surface area (Å²) in [5, 5.41) is 0. The molecular formula is C18H23N3O2. The first-order valence-corrected chi connectivity index (χ1v) is 8.02. The van der Waals surface area contributed by atoms with Gasteiger partial charge >= 0.3 is 0 Å². The highest BCUT2D eigenvalue weighted by Gasteiger charge is 2.15. The van der Waals surface area contributed by atoms with Crippen LogP contribution in [0, 0.1) is 13.8 Å². The van der Waals surface area contributed by atoms with Crippen LogP contribution in [0.15, 0.2) is 24.5 Å². The van der Waals surface area contributed by atoms with Crippen LogP contribution in [0.2, 0.25) is 0 Å². The average molecular weight is 313 g/mol. The molecule has 0 bridgehead atoms. The van der Waals surface area contributed by atoms with E-state index in [1.807, 2.05) is 0 Å². The van der Waals surface area contributed by atoms with Gasteiger partial charge in [0.1, 0.15) is 5.75 Å². The van der Waals surface area contributed by atoms with Crippen LogP contribution in [0.25, 0.3) is 0 Å². The maximum atomic E-state index is 5.97. The molecule has 3 rings (SSSR count). The lowest BCUT2D eigenvalue weighted by Gasteiger charge is -2.18. The molecule has 5 nitrogen and oxygen atoms in total. The molecule has 0 N–H and O–H groups in total. The third-order valence-electron chi connectivity index (χ3n) is 4.15. The van der Waals surface area contributed by atoms with E-state index in [2.05, 4.69) is 40.8 Å². The van der Waals surface area contributed by atoms with Gasteiger partial charge in [0.05, 0.1) is 7.11 Å². The molecule has 23 heavy (non-hydrogen) atoms. The number of likely N-dealkylation sites (tertiary alicyclic amines) is 1. The Balaban J connectivity index is 1.82. The predicted octanol–water partition coefficient (Wildman–Crippen LogP) is 3.49. The van der Waals surface area contributed by atoms with Gasteiger partial charge in [0, 0.05) is 18.9 Å². The Kier molecular flexibility index (Phi) is 4.76. The molecule has 1 aliphatic rings. The molecule has 2 heterocycles. The molecule has 1 aromatic carbocycles. The zero-order valence-electron chi connectivity index (χ0n) is 14.0. The van der Waals surface area contributed by atoms with E-state index < -0.39 is 0 Å². The van der Waals surface area contributed by atoms with E-state index in [4.69, 9.17) is 9.47 Å². The molecule has 0 amide bonds. The second-order valence-corrected chi connectivity index (χ2v) is 6.01. The smallest absolute Gasteiger partial charge is 0.283 e. The first-order valence-electron chi connectivity index (χ1n) is 8.02. The first-order chi connectivity index (χ1) is 11.2. The highest BCUT2D eigenvalue weighted by molar-refractivity contribution is 5.46. The summed E-state index contributed by atoms with van der Waals surface area (Å²) in [5.41, 5.74) is 3.54. The Hall–Kier alpha value is -2.14. The fourth-order valence-corrected chi connectivity index (χ4v) is 3.11. The van der Waals surface area contributed by atoms with E-state index >= 15 is 0 Å². The Morgan fingerprint density at radius 1 is 1.00 bits per heavy atom. The van der Waals surface area contributed by atoms with Crippen LogP contribution < -0.4 is 9.47 Å². The zero-order valence-corrected chi connectivity index (χ0v) is 14.0. The van der Waals surface area contributed by atoms with Crippen molar-refractivity contribution in [2.75, 3.05) is 20.2 Å². The van der Waals surface area contributed by atoms with Gasteiger partial charge in [-0.05, 0) is 56.5 Å². The maximum Gasteiger partial charge on any atom is 0.283 e. The van der Waals surface area contributed by atoms with Gasteiger partial charge in [-0.2, -0.15) is 0 Å². The van der Waals surface area contributed by atoms with Gasteiger partial charge in [0.15, 0.2) is 0 Å². The van der Waals surface area contributed by atoms with Crippen molar-refractivity contribution in [1.82, 2.24) is 14.9 Å². The molecule has 5 heteroatoms. The lowest BCUT2D eigenvalue weighted by Crippen LogP contribution is -2.18. The van der Waals surface area contributed by atoms with Crippen molar-refractivity contribution in [1.29, 1.82) is 0 Å². The number of methoxy groups -OCH3 is 1. The third kappa shape index (κ3) is 3.62. The van der Waals surface area contributed by atoms with E-state index in [0.717, 1.165) is 23.4 Å². The second kappa shape index (κ2) is 6.96. The predicted molar refractivity (Wildman–Crippen MR) is 89.1 cm³/mol. The van der Waals surface area contributed by atoms with Crippen molar-refractivity contribution in [3.63, 3.8) is 0 Å². The van der Waals surface area contributed by atoms with E-state index in [1.165, 1.54) is 31.5 Å². The van der Waals surface area contributed by atoms with Crippen LogP contribution in [0.1, 0.15) is 29.5 Å². The van der Waals surface area contributed by atoms with Gasteiger partial charge in [-0.25, -0.2) is 9.97 Å². The SMILES string of the molecule is COc1nccnc1Oc1c(C)cc(CN2CCCC2)cc1C. The summed E-state index contributed by atoms with van der Waals surface area (Å²) >= 11 is 0. The molecule has 0 aliphatic carbocycles. The van der Waals surface area contributed by atoms with Crippen molar-refractivity contribution < 1.29 is 9.47 Å². The molecular weight excluding hydrogens is 290 g/mol. The number of aryl methyl sites for hydroxylation is 2. The van der Waals surface area contributed by atoms with Crippen LogP contribution in [-0.4, -0.2) is 35.1 Å². The van der Waals surface area contributed by atoms with Crippen molar-refractivity contribution >= 4 is 0 Å². The number of rotatable bonds is 5. The Labute approximate surface area is 137 Å².